The lowest BCUT2D eigenvalue weighted by molar-refractivity contribution is 0.0696. The standard InChI is InChI=1S/C13H11N3O4/c17-10-2-1-4-15-11(10)12(18)16-7-9-6-8(13(19)20)3-5-14-9/h1-6,17H,7H2,(H,16,18)(H,19,20). The van der Waals surface area contributed by atoms with Gasteiger partial charge in [-0.05, 0) is 24.3 Å². The third-order valence-electron chi connectivity index (χ3n) is 2.50. The van der Waals surface area contributed by atoms with Crippen LogP contribution >= 0.6 is 0 Å². The summed E-state index contributed by atoms with van der Waals surface area (Å²) in [6.45, 7) is 0.0377. The van der Waals surface area contributed by atoms with E-state index in [0.717, 1.165) is 0 Å². The van der Waals surface area contributed by atoms with E-state index in [2.05, 4.69) is 15.3 Å². The predicted molar refractivity (Wildman–Crippen MR) is 68.3 cm³/mol. The largest absolute Gasteiger partial charge is 0.505 e. The van der Waals surface area contributed by atoms with Gasteiger partial charge in [-0.1, -0.05) is 0 Å². The van der Waals surface area contributed by atoms with E-state index in [1.54, 1.807) is 0 Å². The van der Waals surface area contributed by atoms with Gasteiger partial charge in [-0.3, -0.25) is 9.78 Å². The molecule has 1 amide bonds. The smallest absolute Gasteiger partial charge is 0.335 e. The summed E-state index contributed by atoms with van der Waals surface area (Å²) < 4.78 is 0. The number of nitrogens with zero attached hydrogens (tertiary/aromatic N) is 2. The molecule has 0 atom stereocenters. The Hall–Kier alpha value is -2.96. The fraction of sp³-hybridized carbons (Fsp3) is 0.0769. The quantitative estimate of drug-likeness (QED) is 0.759. The SMILES string of the molecule is O=C(O)c1ccnc(CNC(=O)c2ncccc2O)c1. The number of pyridine rings is 2. The Kier molecular flexibility index (Phi) is 3.90. The summed E-state index contributed by atoms with van der Waals surface area (Å²) in [6.07, 6.45) is 2.74. The van der Waals surface area contributed by atoms with Gasteiger partial charge in [0.25, 0.3) is 5.91 Å². The fourth-order valence-corrected chi connectivity index (χ4v) is 1.53. The topological polar surface area (TPSA) is 112 Å². The first kappa shape index (κ1) is 13.5. The maximum atomic E-state index is 11.8. The van der Waals surface area contributed by atoms with E-state index in [1.807, 2.05) is 0 Å². The van der Waals surface area contributed by atoms with Crippen molar-refractivity contribution in [2.45, 2.75) is 6.54 Å². The summed E-state index contributed by atoms with van der Waals surface area (Å²) in [5.41, 5.74) is 0.389. The van der Waals surface area contributed by atoms with E-state index in [1.165, 1.54) is 36.7 Å². The van der Waals surface area contributed by atoms with Crippen molar-refractivity contribution in [1.82, 2.24) is 15.3 Å². The molecule has 0 aliphatic heterocycles. The van der Waals surface area contributed by atoms with E-state index in [0.29, 0.717) is 5.69 Å². The van der Waals surface area contributed by atoms with Crippen molar-refractivity contribution in [1.29, 1.82) is 0 Å². The number of carboxylic acids is 1. The van der Waals surface area contributed by atoms with Gasteiger partial charge >= 0.3 is 5.97 Å². The van der Waals surface area contributed by atoms with Gasteiger partial charge in [0.1, 0.15) is 5.75 Å². The zero-order valence-electron chi connectivity index (χ0n) is 10.3. The second-order valence-corrected chi connectivity index (χ2v) is 3.89. The maximum Gasteiger partial charge on any atom is 0.335 e. The average Bonchev–Trinajstić information content (AvgIpc) is 2.45. The zero-order chi connectivity index (χ0) is 14.5. The van der Waals surface area contributed by atoms with Crippen LogP contribution < -0.4 is 5.32 Å². The van der Waals surface area contributed by atoms with Crippen LogP contribution in [0, 0.1) is 0 Å². The molecule has 0 radical (unpaired) electrons. The lowest BCUT2D eigenvalue weighted by Gasteiger charge is -2.06. The normalized spacial score (nSPS) is 10.0. The number of aromatic carboxylic acids is 1. The minimum absolute atomic E-state index is 0.0377. The highest BCUT2D eigenvalue weighted by Gasteiger charge is 2.12. The third kappa shape index (κ3) is 3.08. The number of carbonyl (C=O) groups excluding carboxylic acids is 1. The lowest BCUT2D eigenvalue weighted by atomic mass is 10.2. The van der Waals surface area contributed by atoms with Crippen molar-refractivity contribution >= 4 is 11.9 Å². The van der Waals surface area contributed by atoms with Gasteiger partial charge in [0.05, 0.1) is 17.8 Å². The van der Waals surface area contributed by atoms with Crippen LogP contribution in [0.1, 0.15) is 26.5 Å². The molecule has 7 nitrogen and oxygen atoms in total. The molecule has 2 aromatic heterocycles. The first-order valence-electron chi connectivity index (χ1n) is 5.68. The van der Waals surface area contributed by atoms with Crippen LogP contribution in [-0.2, 0) is 6.54 Å². The Labute approximate surface area is 113 Å². The summed E-state index contributed by atoms with van der Waals surface area (Å²) in [5, 5.41) is 20.8. The van der Waals surface area contributed by atoms with E-state index in [-0.39, 0.29) is 23.6 Å². The Morgan fingerprint density at radius 1 is 1.20 bits per heavy atom. The van der Waals surface area contributed by atoms with Gasteiger partial charge in [0.2, 0.25) is 0 Å². The summed E-state index contributed by atoms with van der Waals surface area (Å²) in [7, 11) is 0. The Morgan fingerprint density at radius 3 is 2.70 bits per heavy atom. The number of hydrogen-bond donors (Lipinski definition) is 3. The zero-order valence-corrected chi connectivity index (χ0v) is 10.3. The van der Waals surface area contributed by atoms with Crippen molar-refractivity contribution in [3.8, 4) is 5.75 Å². The highest BCUT2D eigenvalue weighted by Crippen LogP contribution is 2.12. The molecule has 0 aliphatic rings. The maximum absolute atomic E-state index is 11.8. The number of aromatic nitrogens is 2. The van der Waals surface area contributed by atoms with Gasteiger partial charge in [-0.25, -0.2) is 9.78 Å². The second-order valence-electron chi connectivity index (χ2n) is 3.89. The van der Waals surface area contributed by atoms with E-state index in [9.17, 15) is 14.7 Å². The number of carboxylic acid groups (broad SMARTS) is 1. The van der Waals surface area contributed by atoms with Crippen molar-refractivity contribution in [2.24, 2.45) is 0 Å². The van der Waals surface area contributed by atoms with E-state index >= 15 is 0 Å². The first-order valence-corrected chi connectivity index (χ1v) is 5.68. The molecule has 0 aliphatic carbocycles. The number of nitrogens with one attached hydrogen (secondary N) is 1. The van der Waals surface area contributed by atoms with Crippen LogP contribution in [0.5, 0.6) is 5.75 Å². The number of aromatic hydroxyl groups is 1. The number of rotatable bonds is 4. The Morgan fingerprint density at radius 2 is 2.00 bits per heavy atom. The second kappa shape index (κ2) is 5.79. The summed E-state index contributed by atoms with van der Waals surface area (Å²) in [6, 6.07) is 5.58. The molecule has 2 rings (SSSR count). The minimum Gasteiger partial charge on any atom is -0.505 e. The lowest BCUT2D eigenvalue weighted by Crippen LogP contribution is -2.24. The molecule has 0 bridgehead atoms. The van der Waals surface area contributed by atoms with Crippen LogP contribution in [0.15, 0.2) is 36.7 Å². The summed E-state index contributed by atoms with van der Waals surface area (Å²) >= 11 is 0. The van der Waals surface area contributed by atoms with Crippen LogP contribution in [0.2, 0.25) is 0 Å². The first-order chi connectivity index (χ1) is 9.58. The molecule has 0 saturated heterocycles. The fourth-order valence-electron chi connectivity index (χ4n) is 1.53. The molecule has 0 spiro atoms. The van der Waals surface area contributed by atoms with Crippen molar-refractivity contribution in [3.05, 3.63) is 53.6 Å². The monoisotopic (exact) mass is 273 g/mol. The van der Waals surface area contributed by atoms with E-state index in [4.69, 9.17) is 5.11 Å². The summed E-state index contributed by atoms with van der Waals surface area (Å²) in [4.78, 5) is 30.3. The average molecular weight is 273 g/mol. The van der Waals surface area contributed by atoms with Crippen LogP contribution in [-0.4, -0.2) is 32.1 Å². The predicted octanol–water partition coefficient (Wildman–Crippen LogP) is 0.810. The number of amides is 1. The molecular formula is C13H11N3O4. The van der Waals surface area contributed by atoms with Crippen LogP contribution in [0.25, 0.3) is 0 Å². The van der Waals surface area contributed by atoms with Crippen LogP contribution in [0.3, 0.4) is 0 Å². The molecule has 102 valence electrons. The third-order valence-corrected chi connectivity index (χ3v) is 2.50. The van der Waals surface area contributed by atoms with Gasteiger partial charge < -0.3 is 15.5 Å². The van der Waals surface area contributed by atoms with Gasteiger partial charge in [0.15, 0.2) is 5.69 Å². The Bertz CT molecular complexity index is 658. The molecule has 3 N–H and O–H groups in total. The van der Waals surface area contributed by atoms with Gasteiger partial charge in [-0.2, -0.15) is 0 Å². The van der Waals surface area contributed by atoms with Crippen LogP contribution in [0.4, 0.5) is 0 Å². The molecule has 0 unspecified atom stereocenters. The molecule has 20 heavy (non-hydrogen) atoms. The molecular weight excluding hydrogens is 262 g/mol. The van der Waals surface area contributed by atoms with E-state index < -0.39 is 11.9 Å². The molecule has 0 fully saturated rings. The summed E-state index contributed by atoms with van der Waals surface area (Å²) in [5.74, 6) is -1.86. The number of carbonyl (C=O) groups is 2. The molecule has 0 saturated carbocycles. The van der Waals surface area contributed by atoms with Crippen molar-refractivity contribution < 1.29 is 19.8 Å². The number of hydrogen-bond acceptors (Lipinski definition) is 5. The van der Waals surface area contributed by atoms with Crippen molar-refractivity contribution in [2.75, 3.05) is 0 Å². The molecule has 7 heteroatoms. The molecule has 0 aromatic carbocycles. The van der Waals surface area contributed by atoms with Gasteiger partial charge in [-0.15, -0.1) is 0 Å². The molecule has 2 heterocycles. The molecule has 2 aromatic rings. The highest BCUT2D eigenvalue weighted by atomic mass is 16.4. The Balaban J connectivity index is 2.06. The minimum atomic E-state index is -1.07. The highest BCUT2D eigenvalue weighted by molar-refractivity contribution is 5.94. The van der Waals surface area contributed by atoms with Gasteiger partial charge in [0, 0.05) is 12.4 Å². The van der Waals surface area contributed by atoms with Crippen molar-refractivity contribution in [3.63, 3.8) is 0 Å².